The van der Waals surface area contributed by atoms with Gasteiger partial charge in [-0.2, -0.15) is 0 Å². The van der Waals surface area contributed by atoms with Crippen LogP contribution in [-0.4, -0.2) is 25.2 Å². The van der Waals surface area contributed by atoms with Crippen LogP contribution in [0.1, 0.15) is 30.6 Å². The first-order valence-corrected chi connectivity index (χ1v) is 8.70. The van der Waals surface area contributed by atoms with Gasteiger partial charge in [0, 0.05) is 23.0 Å². The van der Waals surface area contributed by atoms with E-state index in [-0.39, 0.29) is 18.1 Å². The topological polar surface area (TPSA) is 50.4 Å². The SMILES string of the molecule is CC(C)CCNCC(=O)c1ccc(Nc2cccc(OC(F)(F)F)c2)cc1. The summed E-state index contributed by atoms with van der Waals surface area (Å²) in [5.41, 5.74) is 1.68. The fourth-order valence-electron chi connectivity index (χ4n) is 2.37. The second-order valence-corrected chi connectivity index (χ2v) is 6.56. The molecular weight excluding hydrogens is 357 g/mol. The van der Waals surface area contributed by atoms with Crippen LogP contribution in [0, 0.1) is 5.92 Å². The highest BCUT2D eigenvalue weighted by molar-refractivity contribution is 5.97. The van der Waals surface area contributed by atoms with E-state index in [9.17, 15) is 18.0 Å². The van der Waals surface area contributed by atoms with E-state index in [4.69, 9.17) is 0 Å². The number of hydrogen-bond donors (Lipinski definition) is 2. The molecule has 2 aromatic rings. The molecule has 27 heavy (non-hydrogen) atoms. The second kappa shape index (κ2) is 9.41. The number of halogens is 3. The maximum atomic E-state index is 12.3. The van der Waals surface area contributed by atoms with Gasteiger partial charge >= 0.3 is 6.36 Å². The Hall–Kier alpha value is -2.54. The fraction of sp³-hybridized carbons (Fsp3) is 0.350. The summed E-state index contributed by atoms with van der Waals surface area (Å²) in [5, 5.41) is 6.11. The van der Waals surface area contributed by atoms with Gasteiger partial charge in [-0.25, -0.2) is 0 Å². The zero-order valence-electron chi connectivity index (χ0n) is 15.3. The van der Waals surface area contributed by atoms with Crippen LogP contribution < -0.4 is 15.4 Å². The van der Waals surface area contributed by atoms with Crippen molar-refractivity contribution in [3.05, 3.63) is 54.1 Å². The lowest BCUT2D eigenvalue weighted by molar-refractivity contribution is -0.274. The van der Waals surface area contributed by atoms with Crippen molar-refractivity contribution in [2.24, 2.45) is 5.92 Å². The third-order valence-electron chi connectivity index (χ3n) is 3.75. The minimum Gasteiger partial charge on any atom is -0.406 e. The van der Waals surface area contributed by atoms with Gasteiger partial charge in [-0.05, 0) is 55.3 Å². The third kappa shape index (κ3) is 7.70. The van der Waals surface area contributed by atoms with E-state index in [0.717, 1.165) is 13.0 Å². The van der Waals surface area contributed by atoms with E-state index in [1.165, 1.54) is 18.2 Å². The van der Waals surface area contributed by atoms with Crippen LogP contribution in [0.5, 0.6) is 5.75 Å². The van der Waals surface area contributed by atoms with Crippen molar-refractivity contribution in [1.29, 1.82) is 0 Å². The predicted molar refractivity (Wildman–Crippen MR) is 99.5 cm³/mol. The van der Waals surface area contributed by atoms with E-state index in [1.54, 1.807) is 30.3 Å². The summed E-state index contributed by atoms with van der Waals surface area (Å²) in [6.45, 7) is 5.32. The molecule has 0 fully saturated rings. The Morgan fingerprint density at radius 3 is 2.41 bits per heavy atom. The van der Waals surface area contributed by atoms with Crippen LogP contribution in [0.2, 0.25) is 0 Å². The first-order valence-electron chi connectivity index (χ1n) is 8.70. The van der Waals surface area contributed by atoms with Gasteiger partial charge in [0.2, 0.25) is 0 Å². The third-order valence-corrected chi connectivity index (χ3v) is 3.75. The molecule has 0 aromatic heterocycles. The number of ether oxygens (including phenoxy) is 1. The molecule has 0 spiro atoms. The number of anilines is 2. The maximum Gasteiger partial charge on any atom is 0.573 e. The summed E-state index contributed by atoms with van der Waals surface area (Å²) in [4.78, 5) is 12.1. The van der Waals surface area contributed by atoms with Crippen molar-refractivity contribution in [2.75, 3.05) is 18.4 Å². The molecule has 0 aliphatic heterocycles. The Labute approximate surface area is 156 Å². The van der Waals surface area contributed by atoms with Gasteiger partial charge in [0.1, 0.15) is 5.75 Å². The number of hydrogen-bond acceptors (Lipinski definition) is 4. The number of benzene rings is 2. The number of nitrogens with one attached hydrogen (secondary N) is 2. The molecular formula is C20H23F3N2O2. The number of rotatable bonds is 9. The van der Waals surface area contributed by atoms with Crippen LogP contribution in [0.25, 0.3) is 0 Å². The van der Waals surface area contributed by atoms with Crippen molar-refractivity contribution >= 4 is 17.2 Å². The molecule has 0 saturated heterocycles. The molecule has 0 radical (unpaired) electrons. The van der Waals surface area contributed by atoms with Crippen molar-refractivity contribution in [1.82, 2.24) is 5.32 Å². The molecule has 0 heterocycles. The van der Waals surface area contributed by atoms with Gasteiger partial charge in [0.05, 0.1) is 6.54 Å². The molecule has 2 aromatic carbocycles. The van der Waals surface area contributed by atoms with Crippen LogP contribution in [0.4, 0.5) is 24.5 Å². The minimum absolute atomic E-state index is 0.00844. The second-order valence-electron chi connectivity index (χ2n) is 6.56. The predicted octanol–water partition coefficient (Wildman–Crippen LogP) is 5.15. The number of carbonyl (C=O) groups is 1. The maximum absolute atomic E-state index is 12.3. The molecule has 2 rings (SSSR count). The smallest absolute Gasteiger partial charge is 0.406 e. The van der Waals surface area contributed by atoms with Gasteiger partial charge in [0.25, 0.3) is 0 Å². The largest absolute Gasteiger partial charge is 0.573 e. The lowest BCUT2D eigenvalue weighted by atomic mass is 10.1. The summed E-state index contributed by atoms with van der Waals surface area (Å²) in [7, 11) is 0. The monoisotopic (exact) mass is 380 g/mol. The summed E-state index contributed by atoms with van der Waals surface area (Å²) in [6.07, 6.45) is -3.73. The first kappa shape index (κ1) is 20.8. The average Bonchev–Trinajstić information content (AvgIpc) is 2.58. The zero-order valence-corrected chi connectivity index (χ0v) is 15.3. The molecule has 0 saturated carbocycles. The van der Waals surface area contributed by atoms with Crippen LogP contribution >= 0.6 is 0 Å². The molecule has 0 aliphatic carbocycles. The highest BCUT2D eigenvalue weighted by Gasteiger charge is 2.31. The molecule has 0 amide bonds. The Morgan fingerprint density at radius 1 is 1.07 bits per heavy atom. The van der Waals surface area contributed by atoms with Gasteiger partial charge in [-0.3, -0.25) is 4.79 Å². The summed E-state index contributed by atoms with van der Waals surface area (Å²) in [6, 6.07) is 12.4. The number of carbonyl (C=O) groups excluding carboxylic acids is 1. The Kier molecular flexibility index (Phi) is 7.24. The van der Waals surface area contributed by atoms with Gasteiger partial charge in [0.15, 0.2) is 5.78 Å². The molecule has 0 atom stereocenters. The molecule has 2 N–H and O–H groups in total. The first-order chi connectivity index (χ1) is 12.7. The van der Waals surface area contributed by atoms with E-state index < -0.39 is 6.36 Å². The van der Waals surface area contributed by atoms with E-state index in [2.05, 4.69) is 29.2 Å². The zero-order chi connectivity index (χ0) is 19.9. The molecule has 146 valence electrons. The summed E-state index contributed by atoms with van der Waals surface area (Å²) in [5.74, 6) is 0.274. The highest BCUT2D eigenvalue weighted by Crippen LogP contribution is 2.26. The lowest BCUT2D eigenvalue weighted by Crippen LogP contribution is -2.24. The van der Waals surface area contributed by atoms with Gasteiger partial charge in [-0.1, -0.05) is 19.9 Å². The van der Waals surface area contributed by atoms with Gasteiger partial charge in [-0.15, -0.1) is 13.2 Å². The Balaban J connectivity index is 1.92. The van der Waals surface area contributed by atoms with Crippen molar-refractivity contribution < 1.29 is 22.7 Å². The quantitative estimate of drug-likeness (QED) is 0.467. The average molecular weight is 380 g/mol. The number of alkyl halides is 3. The fourth-order valence-corrected chi connectivity index (χ4v) is 2.37. The van der Waals surface area contributed by atoms with E-state index in [1.807, 2.05) is 0 Å². The number of ketones is 1. The molecule has 0 aliphatic rings. The minimum atomic E-state index is -4.73. The molecule has 7 heteroatoms. The summed E-state index contributed by atoms with van der Waals surface area (Å²) >= 11 is 0. The lowest BCUT2D eigenvalue weighted by Gasteiger charge is -2.11. The molecule has 0 unspecified atom stereocenters. The van der Waals surface area contributed by atoms with Crippen molar-refractivity contribution in [3.63, 3.8) is 0 Å². The van der Waals surface area contributed by atoms with Crippen LogP contribution in [-0.2, 0) is 0 Å². The van der Waals surface area contributed by atoms with Gasteiger partial charge < -0.3 is 15.4 Å². The highest BCUT2D eigenvalue weighted by atomic mass is 19.4. The normalized spacial score (nSPS) is 11.5. The van der Waals surface area contributed by atoms with E-state index in [0.29, 0.717) is 22.9 Å². The van der Waals surface area contributed by atoms with Crippen molar-refractivity contribution in [2.45, 2.75) is 26.6 Å². The van der Waals surface area contributed by atoms with Crippen LogP contribution in [0.3, 0.4) is 0 Å². The molecule has 0 bridgehead atoms. The standard InChI is InChI=1S/C20H23F3N2O2/c1-14(2)10-11-24-13-19(26)15-6-8-16(9-7-15)25-17-4-3-5-18(12-17)27-20(21,22)23/h3-9,12,14,24-25H,10-11,13H2,1-2H3. The number of Topliss-reactive ketones (excluding diaryl/α,β-unsaturated/α-hetero) is 1. The summed E-state index contributed by atoms with van der Waals surface area (Å²) < 4.78 is 40.8. The molecule has 4 nitrogen and oxygen atoms in total. The Bertz CT molecular complexity index is 744. The van der Waals surface area contributed by atoms with E-state index >= 15 is 0 Å². The Morgan fingerprint density at radius 2 is 1.78 bits per heavy atom. The van der Waals surface area contributed by atoms with Crippen molar-refractivity contribution in [3.8, 4) is 5.75 Å². The van der Waals surface area contributed by atoms with Crippen LogP contribution in [0.15, 0.2) is 48.5 Å².